The molecule has 0 spiro atoms. The minimum atomic E-state index is -0.478. The van der Waals surface area contributed by atoms with Gasteiger partial charge in [0.25, 0.3) is 5.56 Å². The molecule has 11 heteroatoms. The number of aromatic nitrogens is 2. The van der Waals surface area contributed by atoms with Crippen LogP contribution in [0.4, 0.5) is 0 Å². The maximum absolute atomic E-state index is 13.7. The van der Waals surface area contributed by atoms with Crippen LogP contribution < -0.4 is 10.9 Å². The SMILES string of the molecule is CCOC(=O)c1sc2nc(SCC(=O)NCc3ccccc3Cl)n(CCc3ccc(Cl)cc3)c(=O)c2c1C. The topological polar surface area (TPSA) is 90.3 Å². The number of ether oxygens (including phenoxy) is 1. The lowest BCUT2D eigenvalue weighted by Gasteiger charge is -2.13. The summed E-state index contributed by atoms with van der Waals surface area (Å²) in [6.45, 7) is 4.33. The lowest BCUT2D eigenvalue weighted by atomic mass is 10.1. The quantitative estimate of drug-likeness (QED) is 0.141. The molecule has 2 heterocycles. The van der Waals surface area contributed by atoms with Crippen molar-refractivity contribution in [1.29, 1.82) is 0 Å². The second kappa shape index (κ2) is 12.8. The van der Waals surface area contributed by atoms with Gasteiger partial charge in [-0.05, 0) is 55.2 Å². The van der Waals surface area contributed by atoms with Crippen LogP contribution in [0.3, 0.4) is 0 Å². The highest BCUT2D eigenvalue weighted by atomic mass is 35.5. The first-order valence-corrected chi connectivity index (χ1v) is 14.4. The van der Waals surface area contributed by atoms with Gasteiger partial charge in [-0.15, -0.1) is 11.3 Å². The second-order valence-electron chi connectivity index (χ2n) is 8.34. The lowest BCUT2D eigenvalue weighted by molar-refractivity contribution is -0.118. The summed E-state index contributed by atoms with van der Waals surface area (Å²) >= 11 is 14.5. The van der Waals surface area contributed by atoms with Gasteiger partial charge >= 0.3 is 5.97 Å². The van der Waals surface area contributed by atoms with Crippen molar-refractivity contribution in [2.24, 2.45) is 0 Å². The van der Waals surface area contributed by atoms with Crippen LogP contribution in [-0.2, 0) is 29.0 Å². The molecule has 0 bridgehead atoms. The molecule has 2 aromatic carbocycles. The molecule has 0 unspecified atom stereocenters. The van der Waals surface area contributed by atoms with Crippen LogP contribution in [0.25, 0.3) is 10.2 Å². The number of nitrogens with zero attached hydrogens (tertiary/aromatic N) is 2. The molecule has 38 heavy (non-hydrogen) atoms. The van der Waals surface area contributed by atoms with Gasteiger partial charge in [0.2, 0.25) is 5.91 Å². The molecular weight excluding hydrogens is 565 g/mol. The zero-order valence-corrected chi connectivity index (χ0v) is 23.9. The molecule has 4 rings (SSSR count). The monoisotopic (exact) mass is 589 g/mol. The Morgan fingerprint density at radius 3 is 2.58 bits per heavy atom. The van der Waals surface area contributed by atoms with Gasteiger partial charge in [0, 0.05) is 23.1 Å². The van der Waals surface area contributed by atoms with E-state index in [1.165, 1.54) is 11.8 Å². The molecular formula is C27H25Cl2N3O4S2. The first kappa shape index (κ1) is 28.2. The number of hydrogen-bond acceptors (Lipinski definition) is 7. The lowest BCUT2D eigenvalue weighted by Crippen LogP contribution is -2.27. The van der Waals surface area contributed by atoms with E-state index in [1.54, 1.807) is 36.6 Å². The smallest absolute Gasteiger partial charge is 0.348 e. The molecule has 1 N–H and O–H groups in total. The van der Waals surface area contributed by atoms with Gasteiger partial charge < -0.3 is 10.1 Å². The Morgan fingerprint density at radius 2 is 1.87 bits per heavy atom. The summed E-state index contributed by atoms with van der Waals surface area (Å²) in [4.78, 5) is 44.2. The molecule has 0 aliphatic heterocycles. The zero-order chi connectivity index (χ0) is 27.2. The Balaban J connectivity index is 1.61. The number of hydrogen-bond donors (Lipinski definition) is 1. The van der Waals surface area contributed by atoms with Crippen LogP contribution in [0.2, 0.25) is 10.0 Å². The van der Waals surface area contributed by atoms with E-state index in [-0.39, 0.29) is 23.8 Å². The predicted octanol–water partition coefficient (Wildman–Crippen LogP) is 5.90. The van der Waals surface area contributed by atoms with Gasteiger partial charge in [-0.25, -0.2) is 9.78 Å². The van der Waals surface area contributed by atoms with Crippen molar-refractivity contribution < 1.29 is 14.3 Å². The van der Waals surface area contributed by atoms with Gasteiger partial charge in [0.1, 0.15) is 9.71 Å². The molecule has 198 valence electrons. The number of halogens is 2. The number of amides is 1. The fourth-order valence-corrected chi connectivity index (χ4v) is 6.11. The highest BCUT2D eigenvalue weighted by Crippen LogP contribution is 2.30. The fourth-order valence-electron chi connectivity index (χ4n) is 3.81. The standard InChI is InChI=1S/C27H25Cl2N3O4S2/c1-3-36-26(35)23-16(2)22-24(38-23)31-27(32(25(22)34)13-12-17-8-10-19(28)11-9-17)37-15-21(33)30-14-18-6-4-5-7-20(18)29/h4-11H,3,12-15H2,1-2H3,(H,30,33). The van der Waals surface area contributed by atoms with Crippen LogP contribution in [0.15, 0.2) is 58.5 Å². The second-order valence-corrected chi connectivity index (χ2v) is 11.1. The summed E-state index contributed by atoms with van der Waals surface area (Å²) in [5, 5.41) is 4.86. The molecule has 0 fully saturated rings. The maximum Gasteiger partial charge on any atom is 0.348 e. The average molecular weight is 591 g/mol. The number of rotatable bonds is 10. The van der Waals surface area contributed by atoms with Crippen LogP contribution in [0.5, 0.6) is 0 Å². The van der Waals surface area contributed by atoms with Gasteiger partial charge in [0.15, 0.2) is 5.16 Å². The van der Waals surface area contributed by atoms with Gasteiger partial charge in [-0.3, -0.25) is 14.2 Å². The zero-order valence-electron chi connectivity index (χ0n) is 20.8. The maximum atomic E-state index is 13.7. The van der Waals surface area contributed by atoms with Crippen molar-refractivity contribution in [1.82, 2.24) is 14.9 Å². The Bertz CT molecular complexity index is 1530. The molecule has 0 atom stereocenters. The Labute approximate surface area is 238 Å². The molecule has 0 aliphatic rings. The normalized spacial score (nSPS) is 11.1. The van der Waals surface area contributed by atoms with Crippen molar-refractivity contribution in [3.05, 3.63) is 90.5 Å². The summed E-state index contributed by atoms with van der Waals surface area (Å²) in [5.41, 5.74) is 2.11. The van der Waals surface area contributed by atoms with Gasteiger partial charge in [0.05, 0.1) is 17.7 Å². The summed E-state index contributed by atoms with van der Waals surface area (Å²) in [7, 11) is 0. The molecule has 1 amide bonds. The van der Waals surface area contributed by atoms with Gasteiger partial charge in [-0.1, -0.05) is 65.3 Å². The van der Waals surface area contributed by atoms with E-state index in [0.717, 1.165) is 22.5 Å². The molecule has 0 saturated carbocycles. The third-order valence-electron chi connectivity index (χ3n) is 5.78. The Morgan fingerprint density at radius 1 is 1.13 bits per heavy atom. The highest BCUT2D eigenvalue weighted by molar-refractivity contribution is 7.99. The van der Waals surface area contributed by atoms with Crippen LogP contribution >= 0.6 is 46.3 Å². The van der Waals surface area contributed by atoms with Crippen molar-refractivity contribution in [3.8, 4) is 0 Å². The van der Waals surface area contributed by atoms with E-state index in [4.69, 9.17) is 32.9 Å². The van der Waals surface area contributed by atoms with Crippen molar-refractivity contribution in [2.75, 3.05) is 12.4 Å². The molecule has 0 aliphatic carbocycles. The number of thioether (sulfide) groups is 1. The number of esters is 1. The van der Waals surface area contributed by atoms with E-state index < -0.39 is 5.97 Å². The molecule has 0 radical (unpaired) electrons. The van der Waals surface area contributed by atoms with Crippen molar-refractivity contribution in [2.45, 2.75) is 38.5 Å². The molecule has 4 aromatic rings. The Kier molecular flexibility index (Phi) is 9.49. The van der Waals surface area contributed by atoms with E-state index in [1.807, 2.05) is 30.3 Å². The molecule has 2 aromatic heterocycles. The van der Waals surface area contributed by atoms with E-state index in [0.29, 0.717) is 55.4 Å². The summed E-state index contributed by atoms with van der Waals surface area (Å²) < 4.78 is 6.73. The number of aryl methyl sites for hydroxylation is 2. The first-order valence-electron chi connectivity index (χ1n) is 11.9. The molecule has 7 nitrogen and oxygen atoms in total. The molecule has 0 saturated heterocycles. The fraction of sp³-hybridized carbons (Fsp3) is 0.259. The number of carbonyl (C=O) groups is 2. The third kappa shape index (κ3) is 6.58. The van der Waals surface area contributed by atoms with Gasteiger partial charge in [-0.2, -0.15) is 0 Å². The number of thiophene rings is 1. The number of fused-ring (bicyclic) bond motifs is 1. The number of nitrogens with one attached hydrogen (secondary N) is 1. The minimum Gasteiger partial charge on any atom is -0.462 e. The predicted molar refractivity (Wildman–Crippen MR) is 154 cm³/mol. The summed E-state index contributed by atoms with van der Waals surface area (Å²) in [5.74, 6) is -0.644. The number of benzene rings is 2. The van der Waals surface area contributed by atoms with Crippen LogP contribution in [-0.4, -0.2) is 33.8 Å². The van der Waals surface area contributed by atoms with Crippen molar-refractivity contribution >= 4 is 68.4 Å². The third-order valence-corrected chi connectivity index (χ3v) is 8.54. The number of carbonyl (C=O) groups excluding carboxylic acids is 2. The summed E-state index contributed by atoms with van der Waals surface area (Å²) in [6.07, 6.45) is 0.560. The van der Waals surface area contributed by atoms with Crippen LogP contribution in [0.1, 0.15) is 33.3 Å². The average Bonchev–Trinajstić information content (AvgIpc) is 3.24. The Hall–Kier alpha value is -2.85. The highest BCUT2D eigenvalue weighted by Gasteiger charge is 2.23. The summed E-state index contributed by atoms with van der Waals surface area (Å²) in [6, 6.07) is 14.7. The van der Waals surface area contributed by atoms with Crippen LogP contribution in [0, 0.1) is 6.92 Å². The van der Waals surface area contributed by atoms with E-state index in [2.05, 4.69) is 5.32 Å². The van der Waals surface area contributed by atoms with E-state index >= 15 is 0 Å². The largest absolute Gasteiger partial charge is 0.462 e. The minimum absolute atomic E-state index is 0.0540. The van der Waals surface area contributed by atoms with E-state index in [9.17, 15) is 14.4 Å². The first-order chi connectivity index (χ1) is 18.3. The van der Waals surface area contributed by atoms with Crippen molar-refractivity contribution in [3.63, 3.8) is 0 Å².